The Morgan fingerprint density at radius 3 is 2.81 bits per heavy atom. The van der Waals surface area contributed by atoms with Gasteiger partial charge in [-0.1, -0.05) is 37.3 Å². The molecule has 1 aromatic carbocycles. The van der Waals surface area contributed by atoms with Gasteiger partial charge < -0.3 is 10.1 Å². The Bertz CT molecular complexity index is 755. The Labute approximate surface area is 161 Å². The summed E-state index contributed by atoms with van der Waals surface area (Å²) in [7, 11) is 0. The minimum absolute atomic E-state index is 0.105. The predicted octanol–water partition coefficient (Wildman–Crippen LogP) is 2.79. The van der Waals surface area contributed by atoms with Gasteiger partial charge in [0.05, 0.1) is 13.2 Å². The Morgan fingerprint density at radius 1 is 1.33 bits per heavy atom. The van der Waals surface area contributed by atoms with Gasteiger partial charge in [-0.05, 0) is 26.0 Å². The maximum absolute atomic E-state index is 12.7. The molecule has 0 unspecified atom stereocenters. The highest BCUT2D eigenvalue weighted by Crippen LogP contribution is 2.23. The number of nitrogens with zero attached hydrogens (tertiary/aromatic N) is 3. The van der Waals surface area contributed by atoms with Crippen molar-refractivity contribution < 1.29 is 9.53 Å². The van der Waals surface area contributed by atoms with Gasteiger partial charge in [0.25, 0.3) is 5.91 Å². The number of likely N-dealkylation sites (N-methyl/N-ethyl adjacent to an activating group) is 1. The topological polar surface area (TPSA) is 59.4 Å². The van der Waals surface area contributed by atoms with E-state index in [4.69, 9.17) is 4.74 Å². The highest BCUT2D eigenvalue weighted by atomic mass is 16.5. The van der Waals surface area contributed by atoms with E-state index in [9.17, 15) is 4.79 Å². The van der Waals surface area contributed by atoms with Crippen LogP contribution in [0.4, 0.5) is 0 Å². The first-order chi connectivity index (χ1) is 13.1. The van der Waals surface area contributed by atoms with Gasteiger partial charge in [-0.25, -0.2) is 0 Å². The van der Waals surface area contributed by atoms with E-state index in [1.54, 1.807) is 0 Å². The molecule has 0 aliphatic carbocycles. The highest BCUT2D eigenvalue weighted by Gasteiger charge is 2.26. The molecule has 2 aromatic rings. The van der Waals surface area contributed by atoms with Crippen LogP contribution in [-0.2, 0) is 24.3 Å². The minimum atomic E-state index is -0.105. The number of hydrogen-bond acceptors (Lipinski definition) is 4. The first-order valence-electron chi connectivity index (χ1n) is 9.82. The molecular weight excluding hydrogens is 340 g/mol. The number of carbonyl (C=O) groups is 1. The van der Waals surface area contributed by atoms with Crippen molar-refractivity contribution in [1.82, 2.24) is 20.0 Å². The van der Waals surface area contributed by atoms with Crippen molar-refractivity contribution in [3.05, 3.63) is 52.8 Å². The summed E-state index contributed by atoms with van der Waals surface area (Å²) >= 11 is 0. The number of benzene rings is 1. The Morgan fingerprint density at radius 2 is 2.11 bits per heavy atom. The van der Waals surface area contributed by atoms with E-state index >= 15 is 0 Å². The van der Waals surface area contributed by atoms with Crippen LogP contribution in [0, 0.1) is 0 Å². The van der Waals surface area contributed by atoms with Gasteiger partial charge in [0.1, 0.15) is 0 Å². The van der Waals surface area contributed by atoms with Crippen molar-refractivity contribution in [2.75, 3.05) is 26.2 Å². The number of carbonyl (C=O) groups excluding carboxylic acids is 1. The summed E-state index contributed by atoms with van der Waals surface area (Å²) in [5.41, 5.74) is 3.89. The van der Waals surface area contributed by atoms with Gasteiger partial charge in [0.2, 0.25) is 0 Å². The average Bonchev–Trinajstić information content (AvgIpc) is 3.08. The average molecular weight is 370 g/mol. The summed E-state index contributed by atoms with van der Waals surface area (Å²) in [6.07, 6.45) is 0.814. The van der Waals surface area contributed by atoms with Gasteiger partial charge in [0.15, 0.2) is 5.69 Å². The molecule has 2 heterocycles. The van der Waals surface area contributed by atoms with E-state index in [-0.39, 0.29) is 11.9 Å². The normalized spacial score (nSPS) is 13.8. The third kappa shape index (κ3) is 4.76. The maximum atomic E-state index is 12.7. The molecular formula is C21H30N4O2. The number of nitrogens with one attached hydrogen (secondary N) is 1. The largest absolute Gasteiger partial charge is 0.376 e. The van der Waals surface area contributed by atoms with Gasteiger partial charge >= 0.3 is 0 Å². The lowest BCUT2D eigenvalue weighted by molar-refractivity contribution is 0.0920. The lowest BCUT2D eigenvalue weighted by Crippen LogP contribution is -2.35. The van der Waals surface area contributed by atoms with Crippen LogP contribution in [0.5, 0.6) is 0 Å². The van der Waals surface area contributed by atoms with Crippen LogP contribution >= 0.6 is 0 Å². The molecule has 27 heavy (non-hydrogen) atoms. The van der Waals surface area contributed by atoms with E-state index in [2.05, 4.69) is 60.4 Å². The summed E-state index contributed by atoms with van der Waals surface area (Å²) in [5, 5.41) is 7.63. The van der Waals surface area contributed by atoms with Crippen LogP contribution in [0.15, 0.2) is 30.3 Å². The maximum Gasteiger partial charge on any atom is 0.272 e. The zero-order chi connectivity index (χ0) is 19.2. The Kier molecular flexibility index (Phi) is 6.63. The number of aromatic nitrogens is 2. The molecule has 1 amide bonds. The Balaban J connectivity index is 1.59. The van der Waals surface area contributed by atoms with Crippen molar-refractivity contribution >= 4 is 5.91 Å². The number of rotatable bonds is 8. The van der Waals surface area contributed by atoms with Gasteiger partial charge in [-0.2, -0.15) is 5.10 Å². The molecule has 3 rings (SSSR count). The fourth-order valence-electron chi connectivity index (χ4n) is 3.48. The molecule has 1 aliphatic heterocycles. The van der Waals surface area contributed by atoms with Crippen LogP contribution in [0.2, 0.25) is 0 Å². The quantitative estimate of drug-likeness (QED) is 0.776. The summed E-state index contributed by atoms with van der Waals surface area (Å²) in [5.74, 6) is -0.105. The van der Waals surface area contributed by atoms with Gasteiger partial charge in [-0.3, -0.25) is 14.4 Å². The zero-order valence-electron chi connectivity index (χ0n) is 16.6. The van der Waals surface area contributed by atoms with E-state index < -0.39 is 0 Å². The van der Waals surface area contributed by atoms with E-state index in [0.717, 1.165) is 37.3 Å². The molecule has 1 aromatic heterocycles. The third-order valence-corrected chi connectivity index (χ3v) is 4.96. The molecule has 1 N–H and O–H groups in total. The summed E-state index contributed by atoms with van der Waals surface area (Å²) < 4.78 is 7.54. The molecule has 6 nitrogen and oxygen atoms in total. The van der Waals surface area contributed by atoms with E-state index in [0.29, 0.717) is 25.5 Å². The second kappa shape index (κ2) is 9.15. The van der Waals surface area contributed by atoms with Crippen LogP contribution in [-0.4, -0.2) is 46.8 Å². The van der Waals surface area contributed by atoms with Crippen molar-refractivity contribution in [1.29, 1.82) is 0 Å². The molecule has 0 saturated carbocycles. The first-order valence-corrected chi connectivity index (χ1v) is 9.82. The van der Waals surface area contributed by atoms with Crippen LogP contribution in [0.3, 0.4) is 0 Å². The van der Waals surface area contributed by atoms with Crippen molar-refractivity contribution in [3.63, 3.8) is 0 Å². The van der Waals surface area contributed by atoms with Crippen LogP contribution in [0.1, 0.15) is 54.1 Å². The SMILES string of the molecule is CCN(CCNC(=O)c1nn(C(C)C)c2c1COCC2)Cc1ccccc1. The van der Waals surface area contributed by atoms with Crippen LogP contribution < -0.4 is 5.32 Å². The van der Waals surface area contributed by atoms with E-state index in [1.807, 2.05) is 10.7 Å². The Hall–Kier alpha value is -2.18. The molecule has 0 spiro atoms. The fourth-order valence-corrected chi connectivity index (χ4v) is 3.48. The molecule has 6 heteroatoms. The predicted molar refractivity (Wildman–Crippen MR) is 106 cm³/mol. The molecule has 0 bridgehead atoms. The summed E-state index contributed by atoms with van der Waals surface area (Å²) in [4.78, 5) is 15.0. The van der Waals surface area contributed by atoms with Gasteiger partial charge in [-0.15, -0.1) is 0 Å². The summed E-state index contributed by atoms with van der Waals surface area (Å²) in [6, 6.07) is 10.6. The number of amides is 1. The molecule has 0 fully saturated rings. The van der Waals surface area contributed by atoms with Crippen molar-refractivity contribution in [2.24, 2.45) is 0 Å². The van der Waals surface area contributed by atoms with Gasteiger partial charge in [0, 0.05) is 43.4 Å². The first kappa shape index (κ1) is 19.6. The monoisotopic (exact) mass is 370 g/mol. The van der Waals surface area contributed by atoms with Crippen molar-refractivity contribution in [2.45, 2.75) is 46.4 Å². The lowest BCUT2D eigenvalue weighted by atomic mass is 10.1. The lowest BCUT2D eigenvalue weighted by Gasteiger charge is -2.20. The minimum Gasteiger partial charge on any atom is -0.376 e. The second-order valence-electron chi connectivity index (χ2n) is 7.23. The number of hydrogen-bond donors (Lipinski definition) is 1. The second-order valence-corrected chi connectivity index (χ2v) is 7.23. The molecule has 0 radical (unpaired) electrons. The standard InChI is InChI=1S/C21H30N4O2/c1-4-24(14-17-8-6-5-7-9-17)12-11-22-21(26)20-18-15-27-13-10-19(18)25(23-20)16(2)3/h5-9,16H,4,10-15H2,1-3H3,(H,22,26). The van der Waals surface area contributed by atoms with Crippen LogP contribution in [0.25, 0.3) is 0 Å². The molecule has 0 atom stereocenters. The van der Waals surface area contributed by atoms with Crippen molar-refractivity contribution in [3.8, 4) is 0 Å². The zero-order valence-corrected chi connectivity index (χ0v) is 16.6. The third-order valence-electron chi connectivity index (χ3n) is 4.96. The highest BCUT2D eigenvalue weighted by molar-refractivity contribution is 5.94. The number of fused-ring (bicyclic) bond motifs is 1. The van der Waals surface area contributed by atoms with E-state index in [1.165, 1.54) is 5.56 Å². The molecule has 146 valence electrons. The summed E-state index contributed by atoms with van der Waals surface area (Å²) in [6.45, 7) is 10.7. The molecule has 1 aliphatic rings. The smallest absolute Gasteiger partial charge is 0.272 e. The fraction of sp³-hybridized carbons (Fsp3) is 0.524. The molecule has 0 saturated heterocycles. The number of ether oxygens (including phenoxy) is 1.